The van der Waals surface area contributed by atoms with Crippen LogP contribution in [0.2, 0.25) is 0 Å². The number of piperidine rings is 1. The van der Waals surface area contributed by atoms with Gasteiger partial charge in [0.05, 0.1) is 0 Å². The average molecular weight is 210 g/mol. The fraction of sp³-hybridized carbons (Fsp3) is 1.00. The topological polar surface area (TPSA) is 29.3 Å². The van der Waals surface area contributed by atoms with Gasteiger partial charge in [-0.05, 0) is 39.5 Å². The largest absolute Gasteiger partial charge is 0.324 e. The molecule has 88 valence electrons. The van der Waals surface area contributed by atoms with Crippen molar-refractivity contribution in [1.29, 1.82) is 0 Å². The molecule has 2 heteroatoms. The Bertz CT molecular complexity index is 199. The van der Waals surface area contributed by atoms with Gasteiger partial charge in [0, 0.05) is 24.2 Å². The van der Waals surface area contributed by atoms with Gasteiger partial charge in [0.2, 0.25) is 0 Å². The Morgan fingerprint density at radius 2 is 1.60 bits per heavy atom. The molecular formula is C13H26N2. The van der Waals surface area contributed by atoms with Crippen LogP contribution in [-0.4, -0.2) is 29.1 Å². The molecule has 0 aromatic carbocycles. The molecule has 1 heterocycles. The highest BCUT2D eigenvalue weighted by atomic mass is 15.2. The van der Waals surface area contributed by atoms with Gasteiger partial charge in [-0.1, -0.05) is 19.3 Å². The van der Waals surface area contributed by atoms with E-state index in [-0.39, 0.29) is 5.54 Å². The molecule has 2 aliphatic rings. The van der Waals surface area contributed by atoms with E-state index in [1.54, 1.807) is 0 Å². The highest BCUT2D eigenvalue weighted by Crippen LogP contribution is 2.31. The maximum atomic E-state index is 6.47. The summed E-state index contributed by atoms with van der Waals surface area (Å²) in [7, 11) is 0. The van der Waals surface area contributed by atoms with Crippen LogP contribution >= 0.6 is 0 Å². The van der Waals surface area contributed by atoms with Crippen molar-refractivity contribution in [3.63, 3.8) is 0 Å². The first-order chi connectivity index (χ1) is 7.11. The van der Waals surface area contributed by atoms with E-state index in [1.165, 1.54) is 44.9 Å². The molecule has 0 aromatic heterocycles. The molecule has 2 fully saturated rings. The van der Waals surface area contributed by atoms with Crippen molar-refractivity contribution in [2.75, 3.05) is 6.54 Å². The Morgan fingerprint density at radius 1 is 1.07 bits per heavy atom. The zero-order valence-corrected chi connectivity index (χ0v) is 10.3. The fourth-order valence-corrected chi connectivity index (χ4v) is 3.39. The number of likely N-dealkylation sites (tertiary alicyclic amines) is 1. The quantitative estimate of drug-likeness (QED) is 0.759. The third-order valence-corrected chi connectivity index (χ3v) is 4.47. The predicted molar refractivity (Wildman–Crippen MR) is 64.9 cm³/mol. The van der Waals surface area contributed by atoms with Crippen LogP contribution in [-0.2, 0) is 0 Å². The van der Waals surface area contributed by atoms with Crippen LogP contribution in [0.4, 0.5) is 0 Å². The molecule has 2 N–H and O–H groups in total. The Labute approximate surface area is 94.2 Å². The van der Waals surface area contributed by atoms with Crippen LogP contribution in [0.15, 0.2) is 0 Å². The minimum atomic E-state index is 0.139. The van der Waals surface area contributed by atoms with Crippen LogP contribution < -0.4 is 5.73 Å². The molecule has 1 aliphatic carbocycles. The first-order valence-electron chi connectivity index (χ1n) is 6.65. The molecule has 2 nitrogen and oxygen atoms in total. The summed E-state index contributed by atoms with van der Waals surface area (Å²) in [4.78, 5) is 2.66. The second kappa shape index (κ2) is 4.42. The summed E-state index contributed by atoms with van der Waals surface area (Å²) in [6.45, 7) is 5.87. The van der Waals surface area contributed by atoms with Crippen molar-refractivity contribution in [2.24, 2.45) is 5.73 Å². The molecule has 2 rings (SSSR count). The molecule has 0 radical (unpaired) electrons. The fourth-order valence-electron chi connectivity index (χ4n) is 3.39. The lowest BCUT2D eigenvalue weighted by molar-refractivity contribution is 0.0762. The normalized spacial score (nSPS) is 37.0. The van der Waals surface area contributed by atoms with Gasteiger partial charge < -0.3 is 5.73 Å². The first-order valence-corrected chi connectivity index (χ1v) is 6.65. The Balaban J connectivity index is 1.96. The Kier molecular flexibility index (Phi) is 3.36. The maximum absolute atomic E-state index is 6.47. The van der Waals surface area contributed by atoms with Crippen LogP contribution in [0.1, 0.15) is 58.8 Å². The molecular weight excluding hydrogens is 184 g/mol. The minimum Gasteiger partial charge on any atom is -0.324 e. The van der Waals surface area contributed by atoms with Gasteiger partial charge in [0.25, 0.3) is 0 Å². The molecule has 0 bridgehead atoms. The van der Waals surface area contributed by atoms with E-state index in [4.69, 9.17) is 5.73 Å². The summed E-state index contributed by atoms with van der Waals surface area (Å²) in [6.07, 6.45) is 9.28. The van der Waals surface area contributed by atoms with Crippen molar-refractivity contribution in [3.8, 4) is 0 Å². The molecule has 1 saturated carbocycles. The van der Waals surface area contributed by atoms with E-state index in [1.807, 2.05) is 0 Å². The molecule has 0 spiro atoms. The van der Waals surface area contributed by atoms with Gasteiger partial charge in [-0.15, -0.1) is 0 Å². The minimum absolute atomic E-state index is 0.139. The van der Waals surface area contributed by atoms with Crippen molar-refractivity contribution >= 4 is 0 Å². The summed E-state index contributed by atoms with van der Waals surface area (Å²) in [6, 6.07) is 1.49. The van der Waals surface area contributed by atoms with E-state index in [2.05, 4.69) is 18.7 Å². The summed E-state index contributed by atoms with van der Waals surface area (Å²) in [5.74, 6) is 0. The maximum Gasteiger partial charge on any atom is 0.0283 e. The van der Waals surface area contributed by atoms with Crippen molar-refractivity contribution in [3.05, 3.63) is 0 Å². The van der Waals surface area contributed by atoms with E-state index in [0.717, 1.165) is 18.6 Å². The molecule has 15 heavy (non-hydrogen) atoms. The average Bonchev–Trinajstić information content (AvgIpc) is 2.60. The van der Waals surface area contributed by atoms with Gasteiger partial charge in [-0.2, -0.15) is 0 Å². The third kappa shape index (κ3) is 2.54. The number of hydrogen-bond donors (Lipinski definition) is 1. The van der Waals surface area contributed by atoms with Crippen LogP contribution in [0, 0.1) is 0 Å². The van der Waals surface area contributed by atoms with Crippen molar-refractivity contribution in [1.82, 2.24) is 4.90 Å². The van der Waals surface area contributed by atoms with Crippen molar-refractivity contribution < 1.29 is 0 Å². The third-order valence-electron chi connectivity index (χ3n) is 4.47. The monoisotopic (exact) mass is 210 g/mol. The highest BCUT2D eigenvalue weighted by Gasteiger charge is 2.35. The number of nitrogens with zero attached hydrogens (tertiary/aromatic N) is 1. The van der Waals surface area contributed by atoms with Gasteiger partial charge in [0.15, 0.2) is 0 Å². The molecule has 2 unspecified atom stereocenters. The number of nitrogens with two attached hydrogens (primary N) is 1. The standard InChI is InChI=1S/C13H26N2/c1-11-6-5-7-12(2)15(11)10-13(14)8-3-4-9-13/h11-12H,3-10,14H2,1-2H3. The van der Waals surface area contributed by atoms with Gasteiger partial charge in [-0.25, -0.2) is 0 Å². The van der Waals surface area contributed by atoms with Gasteiger partial charge in [0.1, 0.15) is 0 Å². The molecule has 1 saturated heterocycles. The van der Waals surface area contributed by atoms with E-state index >= 15 is 0 Å². The van der Waals surface area contributed by atoms with Crippen molar-refractivity contribution in [2.45, 2.75) is 76.4 Å². The van der Waals surface area contributed by atoms with E-state index in [9.17, 15) is 0 Å². The smallest absolute Gasteiger partial charge is 0.0283 e. The number of hydrogen-bond acceptors (Lipinski definition) is 2. The molecule has 2 atom stereocenters. The van der Waals surface area contributed by atoms with Crippen LogP contribution in [0.5, 0.6) is 0 Å². The zero-order chi connectivity index (χ0) is 10.9. The molecule has 0 amide bonds. The van der Waals surface area contributed by atoms with E-state index < -0.39 is 0 Å². The zero-order valence-electron chi connectivity index (χ0n) is 10.3. The molecule has 1 aliphatic heterocycles. The lowest BCUT2D eigenvalue weighted by Crippen LogP contribution is -2.54. The summed E-state index contributed by atoms with van der Waals surface area (Å²) in [5.41, 5.74) is 6.61. The highest BCUT2D eigenvalue weighted by molar-refractivity contribution is 4.95. The lowest BCUT2D eigenvalue weighted by atomic mass is 9.92. The Hall–Kier alpha value is -0.0800. The summed E-state index contributed by atoms with van der Waals surface area (Å²) >= 11 is 0. The first kappa shape index (κ1) is 11.4. The predicted octanol–water partition coefficient (Wildman–Crippen LogP) is 2.52. The summed E-state index contributed by atoms with van der Waals surface area (Å²) < 4.78 is 0. The SMILES string of the molecule is CC1CCCC(C)N1CC1(N)CCCC1. The lowest BCUT2D eigenvalue weighted by Gasteiger charge is -2.43. The van der Waals surface area contributed by atoms with Crippen LogP contribution in [0.25, 0.3) is 0 Å². The second-order valence-corrected chi connectivity index (χ2v) is 5.87. The second-order valence-electron chi connectivity index (χ2n) is 5.87. The summed E-state index contributed by atoms with van der Waals surface area (Å²) in [5, 5.41) is 0. The van der Waals surface area contributed by atoms with Gasteiger partial charge in [-0.3, -0.25) is 4.90 Å². The Morgan fingerprint density at radius 3 is 2.13 bits per heavy atom. The number of rotatable bonds is 2. The molecule has 0 aromatic rings. The van der Waals surface area contributed by atoms with Gasteiger partial charge >= 0.3 is 0 Å². The van der Waals surface area contributed by atoms with E-state index in [0.29, 0.717) is 0 Å². The van der Waals surface area contributed by atoms with Crippen LogP contribution in [0.3, 0.4) is 0 Å².